The molecule has 5 rings (SSSR count). The van der Waals surface area contributed by atoms with Crippen LogP contribution in [-0.2, 0) is 12.7 Å². The van der Waals surface area contributed by atoms with Crippen LogP contribution in [0.2, 0.25) is 0 Å². The van der Waals surface area contributed by atoms with Gasteiger partial charge in [-0.25, -0.2) is 0 Å². The SMILES string of the molecule is CCCN1CCN(Cc2cc(-n3nnnc3C(F)(F)F)ccc2OC)CC1C(c1ccccc1)c1ccccc1.Cl.Cl. The van der Waals surface area contributed by atoms with Gasteiger partial charge in [0.25, 0.3) is 5.82 Å². The van der Waals surface area contributed by atoms with E-state index in [0.717, 1.165) is 42.8 Å². The number of hydrogen-bond donors (Lipinski definition) is 0. The Morgan fingerprint density at radius 1 is 0.929 bits per heavy atom. The molecule has 0 aliphatic carbocycles. The minimum Gasteiger partial charge on any atom is -0.496 e. The highest BCUT2D eigenvalue weighted by Gasteiger charge is 2.39. The Hall–Kier alpha value is -3.18. The fourth-order valence-corrected chi connectivity index (χ4v) is 5.69. The molecule has 1 aromatic heterocycles. The van der Waals surface area contributed by atoms with Gasteiger partial charge in [0.15, 0.2) is 0 Å². The first-order valence-electron chi connectivity index (χ1n) is 13.5. The van der Waals surface area contributed by atoms with Gasteiger partial charge in [0.2, 0.25) is 0 Å². The molecule has 0 radical (unpaired) electrons. The van der Waals surface area contributed by atoms with Crippen molar-refractivity contribution in [3.05, 3.63) is 101 Å². The van der Waals surface area contributed by atoms with E-state index < -0.39 is 12.0 Å². The van der Waals surface area contributed by atoms with Crippen molar-refractivity contribution in [3.63, 3.8) is 0 Å². The van der Waals surface area contributed by atoms with Gasteiger partial charge in [-0.15, -0.1) is 29.9 Å². The lowest BCUT2D eigenvalue weighted by atomic mass is 9.83. The van der Waals surface area contributed by atoms with Crippen molar-refractivity contribution in [3.8, 4) is 11.4 Å². The highest BCUT2D eigenvalue weighted by atomic mass is 35.5. The topological polar surface area (TPSA) is 59.3 Å². The number of benzene rings is 3. The molecule has 0 spiro atoms. The van der Waals surface area contributed by atoms with E-state index in [0.29, 0.717) is 12.3 Å². The number of halogens is 5. The largest absolute Gasteiger partial charge is 0.496 e. The lowest BCUT2D eigenvalue weighted by Crippen LogP contribution is -2.55. The molecular weight excluding hydrogens is 588 g/mol. The smallest absolute Gasteiger partial charge is 0.453 e. The number of aromatic nitrogens is 4. The highest BCUT2D eigenvalue weighted by molar-refractivity contribution is 5.85. The average molecular weight is 624 g/mol. The van der Waals surface area contributed by atoms with Crippen LogP contribution in [0.15, 0.2) is 78.9 Å². The number of methoxy groups -OCH3 is 1. The minimum atomic E-state index is -4.67. The lowest BCUT2D eigenvalue weighted by molar-refractivity contribution is -0.146. The molecule has 1 aliphatic heterocycles. The van der Waals surface area contributed by atoms with Crippen LogP contribution in [0.5, 0.6) is 5.75 Å². The van der Waals surface area contributed by atoms with E-state index in [9.17, 15) is 13.2 Å². The van der Waals surface area contributed by atoms with Crippen LogP contribution in [0.1, 0.15) is 41.8 Å². The summed E-state index contributed by atoms with van der Waals surface area (Å²) in [6, 6.07) is 26.3. The molecule has 3 aromatic carbocycles. The van der Waals surface area contributed by atoms with E-state index in [2.05, 4.69) is 80.8 Å². The maximum Gasteiger partial charge on any atom is 0.453 e. The third-order valence-electron chi connectivity index (χ3n) is 7.46. The molecular formula is C30H35Cl2F3N6O. The molecule has 1 atom stereocenters. The van der Waals surface area contributed by atoms with Crippen molar-refractivity contribution in [2.75, 3.05) is 33.3 Å². The van der Waals surface area contributed by atoms with Crippen LogP contribution in [0.25, 0.3) is 5.69 Å². The molecule has 0 bridgehead atoms. The molecule has 0 amide bonds. The number of nitrogens with zero attached hydrogens (tertiary/aromatic N) is 6. The predicted molar refractivity (Wildman–Crippen MR) is 161 cm³/mol. The lowest BCUT2D eigenvalue weighted by Gasteiger charge is -2.45. The Morgan fingerprint density at radius 3 is 2.14 bits per heavy atom. The maximum atomic E-state index is 13.5. The third kappa shape index (κ3) is 7.42. The molecule has 4 aromatic rings. The number of hydrogen-bond acceptors (Lipinski definition) is 6. The van der Waals surface area contributed by atoms with Crippen molar-refractivity contribution in [2.24, 2.45) is 0 Å². The van der Waals surface area contributed by atoms with E-state index >= 15 is 0 Å². The summed E-state index contributed by atoms with van der Waals surface area (Å²) in [6.07, 6.45) is -3.62. The predicted octanol–water partition coefficient (Wildman–Crippen LogP) is 6.26. The van der Waals surface area contributed by atoms with Crippen LogP contribution < -0.4 is 4.74 Å². The Kier molecular flexibility index (Phi) is 11.8. The van der Waals surface area contributed by atoms with Gasteiger partial charge < -0.3 is 4.74 Å². The van der Waals surface area contributed by atoms with Crippen LogP contribution in [0, 0.1) is 0 Å². The van der Waals surface area contributed by atoms with Gasteiger partial charge >= 0.3 is 6.18 Å². The Balaban J connectivity index is 0.00000242. The number of piperazine rings is 1. The number of tetrazole rings is 1. The minimum absolute atomic E-state index is 0. The van der Waals surface area contributed by atoms with Gasteiger partial charge in [0, 0.05) is 43.7 Å². The molecule has 1 fully saturated rings. The molecule has 226 valence electrons. The summed E-state index contributed by atoms with van der Waals surface area (Å²) in [5.41, 5.74) is 3.54. The standard InChI is InChI=1S/C30H33F3N6O.2ClH/c1-3-16-38-18-17-37(21-26(38)28(22-10-6-4-7-11-22)23-12-8-5-9-13-23)20-24-19-25(14-15-27(24)40-2)39-29(30(31,32)33)34-35-36-39;;/h4-15,19,26,28H,3,16-18,20-21H2,1-2H3;2*1H. The summed E-state index contributed by atoms with van der Waals surface area (Å²) >= 11 is 0. The highest BCUT2D eigenvalue weighted by Crippen LogP contribution is 2.35. The maximum absolute atomic E-state index is 13.5. The summed E-state index contributed by atoms with van der Waals surface area (Å²) < 4.78 is 46.8. The zero-order valence-electron chi connectivity index (χ0n) is 23.4. The van der Waals surface area contributed by atoms with E-state index in [1.165, 1.54) is 17.2 Å². The van der Waals surface area contributed by atoms with Gasteiger partial charge in [-0.05, 0) is 52.7 Å². The van der Waals surface area contributed by atoms with Gasteiger partial charge in [-0.1, -0.05) is 67.6 Å². The first kappa shape index (κ1) is 33.3. The van der Waals surface area contributed by atoms with Crippen LogP contribution in [0.3, 0.4) is 0 Å². The Labute approximate surface area is 256 Å². The number of rotatable bonds is 9. The number of ether oxygens (including phenoxy) is 1. The summed E-state index contributed by atoms with van der Waals surface area (Å²) in [5, 5.41) is 10.1. The normalized spacial score (nSPS) is 16.1. The Morgan fingerprint density at radius 2 is 1.57 bits per heavy atom. The monoisotopic (exact) mass is 622 g/mol. The quantitative estimate of drug-likeness (QED) is 0.220. The molecule has 7 nitrogen and oxygen atoms in total. The second kappa shape index (κ2) is 14.8. The van der Waals surface area contributed by atoms with E-state index in [4.69, 9.17) is 4.74 Å². The van der Waals surface area contributed by atoms with E-state index in [1.807, 2.05) is 12.1 Å². The van der Waals surface area contributed by atoms with Gasteiger partial charge in [0.1, 0.15) is 5.75 Å². The Bertz CT molecular complexity index is 1350. The summed E-state index contributed by atoms with van der Waals surface area (Å²) in [4.78, 5) is 4.94. The first-order chi connectivity index (χ1) is 19.4. The molecule has 2 heterocycles. The fraction of sp³-hybridized carbons (Fsp3) is 0.367. The van der Waals surface area contributed by atoms with Gasteiger partial charge in [-0.3, -0.25) is 9.80 Å². The zero-order chi connectivity index (χ0) is 28.1. The summed E-state index contributed by atoms with van der Waals surface area (Å²) in [7, 11) is 1.57. The fourth-order valence-electron chi connectivity index (χ4n) is 5.69. The molecule has 12 heteroatoms. The van der Waals surface area contributed by atoms with Crippen molar-refractivity contribution in [2.45, 2.75) is 38.0 Å². The van der Waals surface area contributed by atoms with Crippen LogP contribution in [-0.4, -0.2) is 69.3 Å². The van der Waals surface area contributed by atoms with E-state index in [1.54, 1.807) is 19.2 Å². The molecule has 42 heavy (non-hydrogen) atoms. The second-order valence-electron chi connectivity index (χ2n) is 10.0. The van der Waals surface area contributed by atoms with Crippen molar-refractivity contribution in [1.29, 1.82) is 0 Å². The molecule has 0 N–H and O–H groups in total. The van der Waals surface area contributed by atoms with Gasteiger partial charge in [0.05, 0.1) is 12.8 Å². The molecule has 1 saturated heterocycles. The van der Waals surface area contributed by atoms with E-state index in [-0.39, 0.29) is 42.5 Å². The van der Waals surface area contributed by atoms with Crippen molar-refractivity contribution >= 4 is 24.8 Å². The third-order valence-corrected chi connectivity index (χ3v) is 7.46. The van der Waals surface area contributed by atoms with Crippen molar-refractivity contribution < 1.29 is 17.9 Å². The average Bonchev–Trinajstić information content (AvgIpc) is 3.47. The van der Waals surface area contributed by atoms with Gasteiger partial charge in [-0.2, -0.15) is 17.9 Å². The first-order valence-corrected chi connectivity index (χ1v) is 13.5. The zero-order valence-corrected chi connectivity index (χ0v) is 25.1. The summed E-state index contributed by atoms with van der Waals surface area (Å²) in [5.74, 6) is -0.383. The molecule has 1 unspecified atom stereocenters. The molecule has 1 aliphatic rings. The molecule has 0 saturated carbocycles. The summed E-state index contributed by atoms with van der Waals surface area (Å²) in [6.45, 7) is 6.23. The number of alkyl halides is 3. The van der Waals surface area contributed by atoms with Crippen molar-refractivity contribution in [1.82, 2.24) is 30.0 Å². The van der Waals surface area contributed by atoms with Crippen LogP contribution in [0.4, 0.5) is 13.2 Å². The second-order valence-corrected chi connectivity index (χ2v) is 10.0. The van der Waals surface area contributed by atoms with Crippen LogP contribution >= 0.6 is 24.8 Å².